The van der Waals surface area contributed by atoms with E-state index in [2.05, 4.69) is 88.0 Å². The third kappa shape index (κ3) is 7.46. The molecule has 5 nitrogen and oxygen atoms in total. The van der Waals surface area contributed by atoms with Crippen molar-refractivity contribution in [3.63, 3.8) is 0 Å². The van der Waals surface area contributed by atoms with Crippen LogP contribution in [0.3, 0.4) is 0 Å². The van der Waals surface area contributed by atoms with E-state index in [-0.39, 0.29) is 36.0 Å². The number of aryl methyl sites for hydroxylation is 1. The van der Waals surface area contributed by atoms with Gasteiger partial charge < -0.3 is 23.9 Å². The van der Waals surface area contributed by atoms with Crippen molar-refractivity contribution in [3.05, 3.63) is 71.5 Å². The van der Waals surface area contributed by atoms with Crippen LogP contribution < -0.4 is 44.1 Å². The van der Waals surface area contributed by atoms with Crippen LogP contribution in [0.1, 0.15) is 82.9 Å². The molecule has 3 aromatic rings. The molecule has 1 unspecified atom stereocenters. The Kier molecular flexibility index (Phi) is 10.6. The summed E-state index contributed by atoms with van der Waals surface area (Å²) in [7, 11) is 0. The first-order valence-corrected chi connectivity index (χ1v) is 13.7. The van der Waals surface area contributed by atoms with E-state index in [9.17, 15) is 9.90 Å². The third-order valence-corrected chi connectivity index (χ3v) is 6.95. The van der Waals surface area contributed by atoms with Gasteiger partial charge in [0.05, 0.1) is 0 Å². The summed E-state index contributed by atoms with van der Waals surface area (Å²) in [5.41, 5.74) is 6.02. The molecule has 1 aliphatic heterocycles. The fourth-order valence-electron chi connectivity index (χ4n) is 5.24. The zero-order valence-electron chi connectivity index (χ0n) is 23.9. The Labute approximate surface area is 249 Å². The van der Waals surface area contributed by atoms with Crippen molar-refractivity contribution in [1.82, 2.24) is 4.57 Å². The molecule has 2 aromatic carbocycles. The Morgan fingerprint density at radius 3 is 2.29 bits per heavy atom. The molecule has 4 rings (SSSR count). The molecule has 6 heteroatoms. The average molecular weight is 526 g/mol. The normalized spacial score (nSPS) is 16.2. The summed E-state index contributed by atoms with van der Waals surface area (Å²) in [6.07, 6.45) is 8.39. The minimum absolute atomic E-state index is 0. The fraction of sp³-hybridized carbons (Fsp3) is 0.469. The van der Waals surface area contributed by atoms with Crippen molar-refractivity contribution in [2.75, 3.05) is 0 Å². The Balaban J connectivity index is 0.00000400. The number of benzene rings is 2. The number of carboxylic acid groups (broad SMARTS) is 1. The third-order valence-electron chi connectivity index (χ3n) is 6.95. The second kappa shape index (κ2) is 13.2. The molecule has 0 saturated carbocycles. The average Bonchev–Trinajstić information content (AvgIpc) is 3.41. The minimum Gasteiger partial charge on any atom is -0.550 e. The van der Waals surface area contributed by atoms with Crippen molar-refractivity contribution in [1.29, 1.82) is 0 Å². The van der Waals surface area contributed by atoms with Gasteiger partial charge in [-0.2, -0.15) is 0 Å². The summed E-state index contributed by atoms with van der Waals surface area (Å²) in [6, 6.07) is 15.1. The number of hydrogen-bond acceptors (Lipinski definition) is 4. The number of carbonyl (C=O) groups excluding carboxylic acids is 1. The van der Waals surface area contributed by atoms with Crippen LogP contribution in [-0.2, 0) is 24.2 Å². The molecule has 0 spiro atoms. The van der Waals surface area contributed by atoms with Gasteiger partial charge in [-0.25, -0.2) is 0 Å². The van der Waals surface area contributed by atoms with Crippen molar-refractivity contribution in [3.8, 4) is 22.6 Å². The smallest absolute Gasteiger partial charge is 0.550 e. The van der Waals surface area contributed by atoms with Crippen LogP contribution in [0.15, 0.2) is 54.9 Å². The van der Waals surface area contributed by atoms with E-state index < -0.39 is 11.8 Å². The Morgan fingerprint density at radius 2 is 1.66 bits per heavy atom. The number of fused-ring (bicyclic) bond motifs is 1. The SMILES string of the molecule is CCCC1(Cc2ccc(CC(C)C)cc2)Oc2ccc(-c3cn(CCCC(=O)[O-])cc3C(C)C)cc2O1.[Na+]. The monoisotopic (exact) mass is 525 g/mol. The van der Waals surface area contributed by atoms with Crippen molar-refractivity contribution in [2.45, 2.75) is 91.4 Å². The summed E-state index contributed by atoms with van der Waals surface area (Å²) in [5, 5.41) is 10.8. The zero-order chi connectivity index (χ0) is 26.6. The van der Waals surface area contributed by atoms with E-state index >= 15 is 0 Å². The summed E-state index contributed by atoms with van der Waals surface area (Å²) in [5.74, 6) is 0.829. The molecule has 0 bridgehead atoms. The van der Waals surface area contributed by atoms with E-state index in [0.29, 0.717) is 31.2 Å². The van der Waals surface area contributed by atoms with Gasteiger partial charge in [0.15, 0.2) is 11.5 Å². The molecule has 0 aliphatic carbocycles. The summed E-state index contributed by atoms with van der Waals surface area (Å²) in [4.78, 5) is 10.8. The molecule has 1 atom stereocenters. The number of aliphatic carboxylic acids is 1. The predicted octanol–water partition coefficient (Wildman–Crippen LogP) is 3.52. The number of nitrogens with zero attached hydrogens (tertiary/aromatic N) is 1. The van der Waals surface area contributed by atoms with Crippen molar-refractivity contribution >= 4 is 5.97 Å². The van der Waals surface area contributed by atoms with Crippen LogP contribution in [0.25, 0.3) is 11.1 Å². The number of rotatable bonds is 12. The van der Waals surface area contributed by atoms with Crippen molar-refractivity contribution < 1.29 is 48.9 Å². The van der Waals surface area contributed by atoms with Gasteiger partial charge in [0.25, 0.3) is 5.79 Å². The summed E-state index contributed by atoms with van der Waals surface area (Å²) in [6.45, 7) is 11.6. The Morgan fingerprint density at radius 1 is 0.974 bits per heavy atom. The van der Waals surface area contributed by atoms with E-state index in [1.165, 1.54) is 16.7 Å². The topological polar surface area (TPSA) is 63.5 Å². The molecule has 38 heavy (non-hydrogen) atoms. The maximum Gasteiger partial charge on any atom is 1.00 e. The van der Waals surface area contributed by atoms with E-state index in [4.69, 9.17) is 9.47 Å². The number of hydrogen-bond donors (Lipinski definition) is 0. The van der Waals surface area contributed by atoms with Gasteiger partial charge in [-0.1, -0.05) is 65.0 Å². The quantitative estimate of drug-likeness (QED) is 0.340. The standard InChI is InChI=1S/C32H41NO4.Na/c1-6-15-32(19-25-11-9-24(10-12-25)17-22(2)3)36-29-14-13-26(18-30(29)37-32)28-21-33(16-7-8-31(34)35)20-27(28)23(4)5;/h9-14,18,20-23H,6-8,15-17,19H2,1-5H3,(H,34,35);/q;+1/p-1. The van der Waals surface area contributed by atoms with E-state index in [1.54, 1.807) is 0 Å². The number of aromatic nitrogens is 1. The first kappa shape index (κ1) is 30.3. The summed E-state index contributed by atoms with van der Waals surface area (Å²) < 4.78 is 15.2. The van der Waals surface area contributed by atoms with Gasteiger partial charge in [0.2, 0.25) is 0 Å². The zero-order valence-corrected chi connectivity index (χ0v) is 25.9. The van der Waals surface area contributed by atoms with Gasteiger partial charge in [-0.3, -0.25) is 0 Å². The van der Waals surface area contributed by atoms with Gasteiger partial charge in [0, 0.05) is 43.3 Å². The predicted molar refractivity (Wildman–Crippen MR) is 146 cm³/mol. The maximum atomic E-state index is 10.8. The van der Waals surface area contributed by atoms with Crippen LogP contribution in [0.5, 0.6) is 11.5 Å². The fourth-order valence-corrected chi connectivity index (χ4v) is 5.24. The molecule has 1 aliphatic rings. The second-order valence-corrected chi connectivity index (χ2v) is 11.1. The minimum atomic E-state index is -1.01. The molecular weight excluding hydrogens is 485 g/mol. The second-order valence-electron chi connectivity index (χ2n) is 11.1. The van der Waals surface area contributed by atoms with Crippen LogP contribution in [0, 0.1) is 5.92 Å². The van der Waals surface area contributed by atoms with Crippen molar-refractivity contribution in [2.24, 2.45) is 5.92 Å². The van der Waals surface area contributed by atoms with Gasteiger partial charge >= 0.3 is 29.6 Å². The van der Waals surface area contributed by atoms with E-state index in [0.717, 1.165) is 41.9 Å². The number of ether oxygens (including phenoxy) is 2. The van der Waals surface area contributed by atoms with Gasteiger partial charge in [0.1, 0.15) is 0 Å². The molecule has 198 valence electrons. The Hall–Kier alpha value is -2.21. The molecule has 0 fully saturated rings. The number of carbonyl (C=O) groups is 1. The molecule has 0 radical (unpaired) electrons. The molecule has 0 amide bonds. The summed E-state index contributed by atoms with van der Waals surface area (Å²) >= 11 is 0. The van der Waals surface area contributed by atoms with Crippen LogP contribution in [0.2, 0.25) is 0 Å². The number of carboxylic acids is 1. The molecule has 0 saturated heterocycles. The van der Waals surface area contributed by atoms with Crippen LogP contribution in [0.4, 0.5) is 0 Å². The Bertz CT molecular complexity index is 1210. The maximum absolute atomic E-state index is 10.8. The largest absolute Gasteiger partial charge is 1.00 e. The van der Waals surface area contributed by atoms with Gasteiger partial charge in [-0.15, -0.1) is 0 Å². The molecule has 0 N–H and O–H groups in total. The first-order valence-electron chi connectivity index (χ1n) is 13.7. The van der Waals surface area contributed by atoms with Crippen LogP contribution >= 0.6 is 0 Å². The molecule has 1 aromatic heterocycles. The van der Waals surface area contributed by atoms with Crippen LogP contribution in [-0.4, -0.2) is 16.3 Å². The molecule has 2 heterocycles. The van der Waals surface area contributed by atoms with Gasteiger partial charge in [-0.05, 0) is 71.9 Å². The first-order chi connectivity index (χ1) is 17.7. The van der Waals surface area contributed by atoms with E-state index in [1.807, 2.05) is 6.07 Å². The molecular formula is C32H40NNaO4.